The summed E-state index contributed by atoms with van der Waals surface area (Å²) < 4.78 is 5.57. The zero-order valence-corrected chi connectivity index (χ0v) is 14.1. The van der Waals surface area contributed by atoms with E-state index < -0.39 is 0 Å². The van der Waals surface area contributed by atoms with Gasteiger partial charge in [-0.05, 0) is 30.2 Å². The minimum atomic E-state index is -0.300. The second-order valence-corrected chi connectivity index (χ2v) is 5.90. The van der Waals surface area contributed by atoms with Crippen LogP contribution in [0.5, 0.6) is 5.75 Å². The molecule has 0 spiro atoms. The maximum Gasteiger partial charge on any atom is 0.319 e. The Bertz CT molecular complexity index is 762. The van der Waals surface area contributed by atoms with Gasteiger partial charge in [0.1, 0.15) is 12.4 Å². The van der Waals surface area contributed by atoms with Crippen LogP contribution in [-0.4, -0.2) is 43.6 Å². The lowest BCUT2D eigenvalue weighted by molar-refractivity contribution is 0.0796. The summed E-state index contributed by atoms with van der Waals surface area (Å²) in [7, 11) is 1.73. The number of rotatable bonds is 4. The molecule has 25 heavy (non-hydrogen) atoms. The Morgan fingerprint density at radius 3 is 2.80 bits per heavy atom. The van der Waals surface area contributed by atoms with Gasteiger partial charge in [0.15, 0.2) is 0 Å². The van der Waals surface area contributed by atoms with Crippen LogP contribution < -0.4 is 15.4 Å². The van der Waals surface area contributed by atoms with E-state index in [4.69, 9.17) is 4.74 Å². The molecule has 1 aliphatic heterocycles. The third-order valence-corrected chi connectivity index (χ3v) is 4.04. The van der Waals surface area contributed by atoms with Crippen LogP contribution >= 0.6 is 0 Å². The molecule has 1 heterocycles. The highest BCUT2D eigenvalue weighted by atomic mass is 16.5. The van der Waals surface area contributed by atoms with Crippen molar-refractivity contribution in [3.63, 3.8) is 0 Å². The molecule has 6 nitrogen and oxygen atoms in total. The molecule has 1 aliphatic rings. The number of fused-ring (bicyclic) bond motifs is 1. The van der Waals surface area contributed by atoms with Gasteiger partial charge in [0.2, 0.25) is 0 Å². The van der Waals surface area contributed by atoms with E-state index >= 15 is 0 Å². The van der Waals surface area contributed by atoms with E-state index in [0.29, 0.717) is 36.7 Å². The maximum atomic E-state index is 12.3. The number of benzene rings is 2. The number of likely N-dealkylation sites (N-methyl/N-ethyl adjacent to an activating group) is 1. The summed E-state index contributed by atoms with van der Waals surface area (Å²) in [5, 5.41) is 5.57. The molecule has 6 heteroatoms. The van der Waals surface area contributed by atoms with E-state index in [-0.39, 0.29) is 11.9 Å². The lowest BCUT2D eigenvalue weighted by Gasteiger charge is -2.13. The fourth-order valence-corrected chi connectivity index (χ4v) is 2.64. The Labute approximate surface area is 146 Å². The Kier molecular flexibility index (Phi) is 5.18. The monoisotopic (exact) mass is 339 g/mol. The van der Waals surface area contributed by atoms with E-state index in [1.54, 1.807) is 30.1 Å². The van der Waals surface area contributed by atoms with E-state index in [0.717, 1.165) is 6.42 Å². The predicted octanol–water partition coefficient (Wildman–Crippen LogP) is 2.52. The molecule has 2 N–H and O–H groups in total. The van der Waals surface area contributed by atoms with Crippen LogP contribution in [0, 0.1) is 0 Å². The largest absolute Gasteiger partial charge is 0.491 e. The van der Waals surface area contributed by atoms with Crippen LogP contribution in [0.1, 0.15) is 15.9 Å². The molecule has 0 bridgehead atoms. The molecule has 130 valence electrons. The summed E-state index contributed by atoms with van der Waals surface area (Å²) in [6.45, 7) is 1.53. The van der Waals surface area contributed by atoms with E-state index in [9.17, 15) is 9.59 Å². The molecule has 3 amide bonds. The van der Waals surface area contributed by atoms with Crippen LogP contribution in [0.25, 0.3) is 0 Å². The lowest BCUT2D eigenvalue weighted by atomic mass is 10.1. The topological polar surface area (TPSA) is 70.7 Å². The van der Waals surface area contributed by atoms with Gasteiger partial charge in [-0.1, -0.05) is 30.3 Å². The minimum absolute atomic E-state index is 0.111. The summed E-state index contributed by atoms with van der Waals surface area (Å²) in [6.07, 6.45) is 0.759. The molecular formula is C19H21N3O3. The number of carbonyl (C=O) groups is 2. The smallest absolute Gasteiger partial charge is 0.319 e. The average molecular weight is 339 g/mol. The molecule has 0 fully saturated rings. The van der Waals surface area contributed by atoms with Crippen LogP contribution in [0.2, 0.25) is 0 Å². The van der Waals surface area contributed by atoms with Gasteiger partial charge in [0.25, 0.3) is 5.91 Å². The van der Waals surface area contributed by atoms with Gasteiger partial charge in [-0.3, -0.25) is 4.79 Å². The fourth-order valence-electron chi connectivity index (χ4n) is 2.64. The summed E-state index contributed by atoms with van der Waals surface area (Å²) in [5.74, 6) is 0.435. The van der Waals surface area contributed by atoms with Gasteiger partial charge in [0.05, 0.1) is 12.1 Å². The molecule has 0 atom stereocenters. The second kappa shape index (κ2) is 7.70. The van der Waals surface area contributed by atoms with Gasteiger partial charge < -0.3 is 20.3 Å². The number of ether oxygens (including phenoxy) is 1. The van der Waals surface area contributed by atoms with Crippen molar-refractivity contribution in [1.82, 2.24) is 10.2 Å². The first-order chi connectivity index (χ1) is 12.1. The molecule has 3 rings (SSSR count). The first-order valence-corrected chi connectivity index (χ1v) is 8.24. The van der Waals surface area contributed by atoms with Crippen molar-refractivity contribution in [2.75, 3.05) is 32.1 Å². The number of anilines is 1. The van der Waals surface area contributed by atoms with Gasteiger partial charge in [-0.25, -0.2) is 4.79 Å². The molecule has 0 aromatic heterocycles. The number of nitrogens with one attached hydrogen (secondary N) is 2. The highest BCUT2D eigenvalue weighted by Crippen LogP contribution is 2.26. The Balaban J connectivity index is 1.58. The number of amides is 3. The van der Waals surface area contributed by atoms with Crippen molar-refractivity contribution in [3.05, 3.63) is 59.7 Å². The Morgan fingerprint density at radius 1 is 1.20 bits per heavy atom. The quantitative estimate of drug-likeness (QED) is 0.899. The maximum absolute atomic E-state index is 12.3. The van der Waals surface area contributed by atoms with Gasteiger partial charge in [-0.15, -0.1) is 0 Å². The standard InChI is InChI=1S/C19H21N3O3/c1-22-11-12-25-17-8-7-15(13-16(17)18(22)23)21-19(24)20-10-9-14-5-3-2-4-6-14/h2-8,13H,9-12H2,1H3,(H2,20,21,24). The van der Waals surface area contributed by atoms with Gasteiger partial charge >= 0.3 is 6.03 Å². The molecule has 0 unspecified atom stereocenters. The molecule has 2 aromatic rings. The Hall–Kier alpha value is -3.02. The average Bonchev–Trinajstić information content (AvgIpc) is 2.75. The van der Waals surface area contributed by atoms with Crippen molar-refractivity contribution in [2.45, 2.75) is 6.42 Å². The van der Waals surface area contributed by atoms with Crippen molar-refractivity contribution in [2.24, 2.45) is 0 Å². The Morgan fingerprint density at radius 2 is 2.00 bits per heavy atom. The zero-order valence-electron chi connectivity index (χ0n) is 14.1. The number of carbonyl (C=O) groups excluding carboxylic acids is 2. The van der Waals surface area contributed by atoms with Crippen LogP contribution in [-0.2, 0) is 6.42 Å². The van der Waals surface area contributed by atoms with E-state index in [1.165, 1.54) is 5.56 Å². The van der Waals surface area contributed by atoms with Crippen molar-refractivity contribution >= 4 is 17.6 Å². The third kappa shape index (κ3) is 4.29. The lowest BCUT2D eigenvalue weighted by Crippen LogP contribution is -2.30. The predicted molar refractivity (Wildman–Crippen MR) is 96.1 cm³/mol. The summed E-state index contributed by atoms with van der Waals surface area (Å²) >= 11 is 0. The zero-order chi connectivity index (χ0) is 17.6. The fraction of sp³-hybridized carbons (Fsp3) is 0.263. The molecule has 0 aliphatic carbocycles. The molecule has 0 saturated heterocycles. The molecule has 2 aromatic carbocycles. The minimum Gasteiger partial charge on any atom is -0.491 e. The summed E-state index contributed by atoms with van der Waals surface area (Å²) in [6, 6.07) is 14.7. The SMILES string of the molecule is CN1CCOc2ccc(NC(=O)NCCc3ccccc3)cc2C1=O. The van der Waals surface area contributed by atoms with Gasteiger partial charge in [0, 0.05) is 19.3 Å². The first-order valence-electron chi connectivity index (χ1n) is 8.24. The normalized spacial score (nSPS) is 13.5. The second-order valence-electron chi connectivity index (χ2n) is 5.90. The van der Waals surface area contributed by atoms with E-state index in [1.807, 2.05) is 30.3 Å². The summed E-state index contributed by atoms with van der Waals surface area (Å²) in [4.78, 5) is 26.0. The molecular weight excluding hydrogens is 318 g/mol. The highest BCUT2D eigenvalue weighted by Gasteiger charge is 2.21. The number of hydrogen-bond donors (Lipinski definition) is 2. The summed E-state index contributed by atoms with van der Waals surface area (Å²) in [5.41, 5.74) is 2.18. The first kappa shape index (κ1) is 16.8. The molecule has 0 radical (unpaired) electrons. The van der Waals surface area contributed by atoms with Crippen LogP contribution in [0.4, 0.5) is 10.5 Å². The third-order valence-electron chi connectivity index (χ3n) is 4.04. The van der Waals surface area contributed by atoms with Crippen molar-refractivity contribution in [3.8, 4) is 5.75 Å². The highest BCUT2D eigenvalue weighted by molar-refractivity contribution is 5.99. The number of urea groups is 1. The van der Waals surface area contributed by atoms with Gasteiger partial charge in [-0.2, -0.15) is 0 Å². The molecule has 0 saturated carbocycles. The van der Waals surface area contributed by atoms with Crippen LogP contribution in [0.3, 0.4) is 0 Å². The van der Waals surface area contributed by atoms with Crippen LogP contribution in [0.15, 0.2) is 48.5 Å². The van der Waals surface area contributed by atoms with E-state index in [2.05, 4.69) is 10.6 Å². The number of hydrogen-bond acceptors (Lipinski definition) is 3. The van der Waals surface area contributed by atoms with Crippen molar-refractivity contribution < 1.29 is 14.3 Å². The number of nitrogens with zero attached hydrogens (tertiary/aromatic N) is 1. The van der Waals surface area contributed by atoms with Crippen molar-refractivity contribution in [1.29, 1.82) is 0 Å².